The summed E-state index contributed by atoms with van der Waals surface area (Å²) in [6.07, 6.45) is 5.13. The van der Waals surface area contributed by atoms with Crippen LogP contribution in [-0.2, 0) is 0 Å². The summed E-state index contributed by atoms with van der Waals surface area (Å²) in [6.45, 7) is 5.64. The molecule has 1 aliphatic carbocycles. The summed E-state index contributed by atoms with van der Waals surface area (Å²) in [7, 11) is 3.44. The number of nitrogens with one attached hydrogen (secondary N) is 1. The molecule has 1 aromatic rings. The summed E-state index contributed by atoms with van der Waals surface area (Å²) >= 11 is 0. The fraction of sp³-hybridized carbons (Fsp3) is 0.667. The first-order chi connectivity index (χ1) is 10.2. The second-order valence-corrected chi connectivity index (χ2v) is 6.11. The molecule has 3 nitrogen and oxygen atoms in total. The van der Waals surface area contributed by atoms with Gasteiger partial charge < -0.3 is 14.8 Å². The van der Waals surface area contributed by atoms with Crippen molar-refractivity contribution in [2.75, 3.05) is 20.8 Å². The van der Waals surface area contributed by atoms with Gasteiger partial charge in [0.25, 0.3) is 0 Å². The summed E-state index contributed by atoms with van der Waals surface area (Å²) < 4.78 is 10.9. The SMILES string of the molecule is CCCNC(c1ccc(OC)cc1OC)C1CCCC1C. The molecule has 0 radical (unpaired) electrons. The molecule has 1 N–H and O–H groups in total. The normalized spacial score (nSPS) is 23.0. The first-order valence-corrected chi connectivity index (χ1v) is 8.16. The second kappa shape index (κ2) is 7.69. The molecule has 1 aliphatic rings. The molecule has 0 aromatic heterocycles. The molecule has 1 aromatic carbocycles. The van der Waals surface area contributed by atoms with Gasteiger partial charge in [-0.25, -0.2) is 0 Å². The summed E-state index contributed by atoms with van der Waals surface area (Å²) in [5.41, 5.74) is 1.27. The number of methoxy groups -OCH3 is 2. The summed E-state index contributed by atoms with van der Waals surface area (Å²) in [5, 5.41) is 3.75. The van der Waals surface area contributed by atoms with Gasteiger partial charge in [0.15, 0.2) is 0 Å². The number of hydrogen-bond donors (Lipinski definition) is 1. The van der Waals surface area contributed by atoms with E-state index < -0.39 is 0 Å². The molecule has 3 atom stereocenters. The highest BCUT2D eigenvalue weighted by atomic mass is 16.5. The largest absolute Gasteiger partial charge is 0.497 e. The average molecular weight is 291 g/mol. The first-order valence-electron chi connectivity index (χ1n) is 8.16. The van der Waals surface area contributed by atoms with E-state index in [0.717, 1.165) is 30.4 Å². The van der Waals surface area contributed by atoms with Gasteiger partial charge in [0, 0.05) is 17.7 Å². The summed E-state index contributed by atoms with van der Waals surface area (Å²) in [5.74, 6) is 3.25. The average Bonchev–Trinajstić information content (AvgIpc) is 2.94. The van der Waals surface area contributed by atoms with Crippen molar-refractivity contribution in [3.05, 3.63) is 23.8 Å². The number of ether oxygens (including phenoxy) is 2. The molecule has 0 amide bonds. The van der Waals surface area contributed by atoms with Crippen molar-refractivity contribution in [2.24, 2.45) is 11.8 Å². The molecule has 3 unspecified atom stereocenters. The lowest BCUT2D eigenvalue weighted by molar-refractivity contribution is 0.292. The van der Waals surface area contributed by atoms with Crippen LogP contribution < -0.4 is 14.8 Å². The second-order valence-electron chi connectivity index (χ2n) is 6.11. The van der Waals surface area contributed by atoms with Gasteiger partial charge in [0.05, 0.1) is 14.2 Å². The lowest BCUT2D eigenvalue weighted by Gasteiger charge is -2.30. The van der Waals surface area contributed by atoms with Gasteiger partial charge in [-0.05, 0) is 37.3 Å². The van der Waals surface area contributed by atoms with Crippen LogP contribution in [0.3, 0.4) is 0 Å². The zero-order chi connectivity index (χ0) is 15.2. The van der Waals surface area contributed by atoms with E-state index in [4.69, 9.17) is 9.47 Å². The molecule has 0 saturated heterocycles. The van der Waals surface area contributed by atoms with Crippen molar-refractivity contribution in [1.29, 1.82) is 0 Å². The van der Waals surface area contributed by atoms with Gasteiger partial charge >= 0.3 is 0 Å². The Labute approximate surface area is 129 Å². The van der Waals surface area contributed by atoms with Crippen LogP contribution in [0.2, 0.25) is 0 Å². The van der Waals surface area contributed by atoms with E-state index in [0.29, 0.717) is 12.0 Å². The molecule has 21 heavy (non-hydrogen) atoms. The van der Waals surface area contributed by atoms with Gasteiger partial charge in [0.1, 0.15) is 11.5 Å². The molecule has 0 spiro atoms. The quantitative estimate of drug-likeness (QED) is 0.817. The van der Waals surface area contributed by atoms with E-state index >= 15 is 0 Å². The van der Waals surface area contributed by atoms with Crippen LogP contribution in [0.25, 0.3) is 0 Å². The molecule has 0 bridgehead atoms. The predicted molar refractivity (Wildman–Crippen MR) is 87.1 cm³/mol. The maximum absolute atomic E-state index is 5.62. The van der Waals surface area contributed by atoms with E-state index in [9.17, 15) is 0 Å². The van der Waals surface area contributed by atoms with Crippen LogP contribution in [0.5, 0.6) is 11.5 Å². The number of benzene rings is 1. The Hall–Kier alpha value is -1.22. The molecule has 0 aliphatic heterocycles. The Balaban J connectivity index is 2.31. The van der Waals surface area contributed by atoms with Crippen LogP contribution in [0.15, 0.2) is 18.2 Å². The highest BCUT2D eigenvalue weighted by Crippen LogP contribution is 2.43. The summed E-state index contributed by atoms with van der Waals surface area (Å²) in [6, 6.07) is 6.58. The van der Waals surface area contributed by atoms with Crippen LogP contribution in [-0.4, -0.2) is 20.8 Å². The van der Waals surface area contributed by atoms with Gasteiger partial charge in [-0.3, -0.25) is 0 Å². The maximum Gasteiger partial charge on any atom is 0.127 e. The Bertz CT molecular complexity index is 447. The minimum atomic E-state index is 0.378. The van der Waals surface area contributed by atoms with Crippen molar-refractivity contribution in [3.8, 4) is 11.5 Å². The van der Waals surface area contributed by atoms with Crippen molar-refractivity contribution < 1.29 is 9.47 Å². The van der Waals surface area contributed by atoms with Gasteiger partial charge in [0.2, 0.25) is 0 Å². The van der Waals surface area contributed by atoms with Crippen molar-refractivity contribution >= 4 is 0 Å². The standard InChI is InChI=1S/C18H29NO2/c1-5-11-19-18(15-8-6-7-13(15)2)16-10-9-14(20-3)12-17(16)21-4/h9-10,12-13,15,18-19H,5-8,11H2,1-4H3. The zero-order valence-electron chi connectivity index (χ0n) is 13.8. The lowest BCUT2D eigenvalue weighted by atomic mass is 9.85. The van der Waals surface area contributed by atoms with E-state index in [1.54, 1.807) is 14.2 Å². The first kappa shape index (κ1) is 16.2. The minimum Gasteiger partial charge on any atom is -0.497 e. The van der Waals surface area contributed by atoms with Gasteiger partial charge in [-0.2, -0.15) is 0 Å². The van der Waals surface area contributed by atoms with E-state index in [1.165, 1.54) is 24.8 Å². The fourth-order valence-corrected chi connectivity index (χ4v) is 3.54. The maximum atomic E-state index is 5.62. The van der Waals surface area contributed by atoms with E-state index in [-0.39, 0.29) is 0 Å². The van der Waals surface area contributed by atoms with Crippen molar-refractivity contribution in [1.82, 2.24) is 5.32 Å². The van der Waals surface area contributed by atoms with Gasteiger partial charge in [-0.15, -0.1) is 0 Å². The van der Waals surface area contributed by atoms with Gasteiger partial charge in [-0.1, -0.05) is 32.8 Å². The van der Waals surface area contributed by atoms with Crippen molar-refractivity contribution in [2.45, 2.75) is 45.6 Å². The molecule has 118 valence electrons. The molecular formula is C18H29NO2. The van der Waals surface area contributed by atoms with Crippen LogP contribution in [0.1, 0.15) is 51.1 Å². The van der Waals surface area contributed by atoms with Crippen molar-refractivity contribution in [3.63, 3.8) is 0 Å². The predicted octanol–water partition coefficient (Wildman–Crippen LogP) is 4.18. The minimum absolute atomic E-state index is 0.378. The lowest BCUT2D eigenvalue weighted by Crippen LogP contribution is -2.30. The third-order valence-electron chi connectivity index (χ3n) is 4.75. The van der Waals surface area contributed by atoms with E-state index in [2.05, 4.69) is 25.2 Å². The third-order valence-corrected chi connectivity index (χ3v) is 4.75. The highest BCUT2D eigenvalue weighted by Gasteiger charge is 2.33. The Kier molecular flexibility index (Phi) is 5.92. The molecule has 1 saturated carbocycles. The zero-order valence-corrected chi connectivity index (χ0v) is 13.8. The molecular weight excluding hydrogens is 262 g/mol. The Morgan fingerprint density at radius 3 is 2.62 bits per heavy atom. The fourth-order valence-electron chi connectivity index (χ4n) is 3.54. The number of rotatable bonds is 7. The Morgan fingerprint density at radius 1 is 1.24 bits per heavy atom. The molecule has 0 heterocycles. The van der Waals surface area contributed by atoms with E-state index in [1.807, 2.05) is 12.1 Å². The molecule has 1 fully saturated rings. The molecule has 3 heteroatoms. The summed E-state index contributed by atoms with van der Waals surface area (Å²) in [4.78, 5) is 0. The smallest absolute Gasteiger partial charge is 0.127 e. The number of hydrogen-bond acceptors (Lipinski definition) is 3. The Morgan fingerprint density at radius 2 is 2.05 bits per heavy atom. The monoisotopic (exact) mass is 291 g/mol. The third kappa shape index (κ3) is 3.70. The topological polar surface area (TPSA) is 30.5 Å². The van der Waals surface area contributed by atoms with Crippen LogP contribution in [0, 0.1) is 11.8 Å². The molecule has 2 rings (SSSR count). The van der Waals surface area contributed by atoms with Crippen LogP contribution >= 0.6 is 0 Å². The van der Waals surface area contributed by atoms with Crippen LogP contribution in [0.4, 0.5) is 0 Å². The highest BCUT2D eigenvalue weighted by molar-refractivity contribution is 5.43.